The third-order valence-corrected chi connectivity index (χ3v) is 3.97. The lowest BCUT2D eigenvalue weighted by atomic mass is 9.93. The molecule has 1 aromatic heterocycles. The van der Waals surface area contributed by atoms with E-state index in [1.165, 1.54) is 19.3 Å². The third kappa shape index (κ3) is 4.87. The fourth-order valence-electron chi connectivity index (χ4n) is 2.77. The van der Waals surface area contributed by atoms with Crippen molar-refractivity contribution in [3.8, 4) is 0 Å². The Morgan fingerprint density at radius 3 is 2.75 bits per heavy atom. The van der Waals surface area contributed by atoms with Gasteiger partial charge in [0.1, 0.15) is 0 Å². The van der Waals surface area contributed by atoms with Gasteiger partial charge in [0.15, 0.2) is 5.82 Å². The van der Waals surface area contributed by atoms with Gasteiger partial charge in [0.25, 0.3) is 0 Å². The van der Waals surface area contributed by atoms with Crippen LogP contribution in [-0.4, -0.2) is 41.7 Å². The van der Waals surface area contributed by atoms with E-state index in [9.17, 15) is 0 Å². The number of likely N-dealkylation sites (tertiary alicyclic amines) is 1. The first-order chi connectivity index (χ1) is 9.67. The molecule has 1 fully saturated rings. The second kappa shape index (κ2) is 7.74. The number of nitrogens with zero attached hydrogens (tertiary/aromatic N) is 3. The van der Waals surface area contributed by atoms with Gasteiger partial charge in [0.05, 0.1) is 6.54 Å². The van der Waals surface area contributed by atoms with Crippen molar-refractivity contribution in [3.63, 3.8) is 0 Å². The molecule has 0 bridgehead atoms. The van der Waals surface area contributed by atoms with Crippen molar-refractivity contribution in [2.75, 3.05) is 26.7 Å². The molecule has 5 heteroatoms. The van der Waals surface area contributed by atoms with Crippen LogP contribution in [0.1, 0.15) is 44.8 Å². The second-order valence-corrected chi connectivity index (χ2v) is 6.31. The topological polar surface area (TPSA) is 54.2 Å². The van der Waals surface area contributed by atoms with Gasteiger partial charge in [0, 0.05) is 6.42 Å². The van der Waals surface area contributed by atoms with Gasteiger partial charge >= 0.3 is 0 Å². The third-order valence-electron chi connectivity index (χ3n) is 3.97. The predicted molar refractivity (Wildman–Crippen MR) is 79.4 cm³/mol. The zero-order chi connectivity index (χ0) is 14.4. The molecule has 0 aliphatic carbocycles. The van der Waals surface area contributed by atoms with Crippen LogP contribution >= 0.6 is 0 Å². The molecule has 1 saturated heterocycles. The molecule has 1 N–H and O–H groups in total. The van der Waals surface area contributed by atoms with Crippen LogP contribution < -0.4 is 5.32 Å². The minimum Gasteiger partial charge on any atom is -0.339 e. The second-order valence-electron chi connectivity index (χ2n) is 6.31. The average Bonchev–Trinajstić information content (AvgIpc) is 2.84. The smallest absolute Gasteiger partial charge is 0.226 e. The molecule has 5 nitrogen and oxygen atoms in total. The summed E-state index contributed by atoms with van der Waals surface area (Å²) in [5.41, 5.74) is 0. The van der Waals surface area contributed by atoms with Crippen molar-refractivity contribution in [3.05, 3.63) is 11.7 Å². The number of hydrogen-bond donors (Lipinski definition) is 1. The summed E-state index contributed by atoms with van der Waals surface area (Å²) in [6.07, 6.45) is 4.75. The zero-order valence-corrected chi connectivity index (χ0v) is 13.1. The van der Waals surface area contributed by atoms with E-state index in [1.807, 2.05) is 7.05 Å². The van der Waals surface area contributed by atoms with E-state index in [0.29, 0.717) is 5.92 Å². The predicted octanol–water partition coefficient (Wildman–Crippen LogP) is 2.09. The van der Waals surface area contributed by atoms with Crippen LogP contribution in [0.15, 0.2) is 4.52 Å². The quantitative estimate of drug-likeness (QED) is 0.829. The van der Waals surface area contributed by atoms with Crippen molar-refractivity contribution in [2.24, 2.45) is 11.8 Å². The Kier molecular flexibility index (Phi) is 5.98. The Bertz CT molecular complexity index is 383. The molecule has 114 valence electrons. The molecule has 20 heavy (non-hydrogen) atoms. The lowest BCUT2D eigenvalue weighted by Gasteiger charge is -2.31. The summed E-state index contributed by atoms with van der Waals surface area (Å²) >= 11 is 0. The molecule has 1 aromatic rings. The van der Waals surface area contributed by atoms with Crippen LogP contribution in [-0.2, 0) is 13.0 Å². The maximum absolute atomic E-state index is 5.30. The van der Waals surface area contributed by atoms with Crippen molar-refractivity contribution >= 4 is 0 Å². The van der Waals surface area contributed by atoms with Gasteiger partial charge < -0.3 is 9.84 Å². The Morgan fingerprint density at radius 1 is 1.35 bits per heavy atom. The summed E-state index contributed by atoms with van der Waals surface area (Å²) in [6, 6.07) is 0. The van der Waals surface area contributed by atoms with Crippen LogP contribution in [0.4, 0.5) is 0 Å². The average molecular weight is 280 g/mol. The minimum absolute atomic E-state index is 0.561. The fraction of sp³-hybridized carbons (Fsp3) is 0.867. The Morgan fingerprint density at radius 2 is 2.10 bits per heavy atom. The Labute approximate surface area is 122 Å². The SMILES string of the molecule is CNCCC1CCN(Cc2noc(CC(C)C)n2)CC1. The van der Waals surface area contributed by atoms with E-state index in [2.05, 4.69) is 34.2 Å². The molecule has 0 spiro atoms. The van der Waals surface area contributed by atoms with E-state index in [-0.39, 0.29) is 0 Å². The lowest BCUT2D eigenvalue weighted by molar-refractivity contribution is 0.167. The number of hydrogen-bond acceptors (Lipinski definition) is 5. The van der Waals surface area contributed by atoms with Crippen molar-refractivity contribution < 1.29 is 4.52 Å². The van der Waals surface area contributed by atoms with Gasteiger partial charge in [-0.2, -0.15) is 4.98 Å². The summed E-state index contributed by atoms with van der Waals surface area (Å²) in [4.78, 5) is 6.93. The molecule has 0 aromatic carbocycles. The highest BCUT2D eigenvalue weighted by Gasteiger charge is 2.20. The van der Waals surface area contributed by atoms with Crippen LogP contribution in [0, 0.1) is 11.8 Å². The Hall–Kier alpha value is -0.940. The maximum Gasteiger partial charge on any atom is 0.226 e. The zero-order valence-electron chi connectivity index (χ0n) is 13.1. The summed E-state index contributed by atoms with van der Waals surface area (Å²) in [5, 5.41) is 7.33. The van der Waals surface area contributed by atoms with Crippen molar-refractivity contribution in [1.29, 1.82) is 0 Å². The molecule has 0 radical (unpaired) electrons. The molecular weight excluding hydrogens is 252 g/mol. The highest BCUT2D eigenvalue weighted by atomic mass is 16.5. The molecule has 0 unspecified atom stereocenters. The molecule has 2 rings (SSSR count). The molecular formula is C15H28N4O. The van der Waals surface area contributed by atoms with Gasteiger partial charge in [-0.15, -0.1) is 0 Å². The first-order valence-corrected chi connectivity index (χ1v) is 7.85. The van der Waals surface area contributed by atoms with E-state index in [1.54, 1.807) is 0 Å². The number of aromatic nitrogens is 2. The molecule has 0 saturated carbocycles. The molecule has 2 heterocycles. The van der Waals surface area contributed by atoms with Crippen molar-refractivity contribution in [2.45, 2.75) is 46.1 Å². The fourth-order valence-corrected chi connectivity index (χ4v) is 2.77. The summed E-state index contributed by atoms with van der Waals surface area (Å²) in [6.45, 7) is 8.61. The van der Waals surface area contributed by atoms with Gasteiger partial charge in [-0.1, -0.05) is 19.0 Å². The molecule has 1 aliphatic heterocycles. The van der Waals surface area contributed by atoms with Gasteiger partial charge in [-0.3, -0.25) is 4.90 Å². The Balaban J connectivity index is 1.73. The van der Waals surface area contributed by atoms with Gasteiger partial charge in [-0.25, -0.2) is 0 Å². The van der Waals surface area contributed by atoms with E-state index < -0.39 is 0 Å². The molecule has 0 amide bonds. The van der Waals surface area contributed by atoms with E-state index in [0.717, 1.165) is 50.2 Å². The standard InChI is InChI=1S/C15H28N4O/c1-12(2)10-15-17-14(18-20-15)11-19-8-5-13(6-9-19)4-7-16-3/h12-13,16H,4-11H2,1-3H3. The largest absolute Gasteiger partial charge is 0.339 e. The number of rotatable bonds is 7. The number of piperidine rings is 1. The first-order valence-electron chi connectivity index (χ1n) is 7.85. The van der Waals surface area contributed by atoms with Crippen LogP contribution in [0.5, 0.6) is 0 Å². The van der Waals surface area contributed by atoms with Crippen LogP contribution in [0.25, 0.3) is 0 Å². The first kappa shape index (κ1) is 15.4. The summed E-state index contributed by atoms with van der Waals surface area (Å²) in [7, 11) is 2.03. The van der Waals surface area contributed by atoms with Gasteiger partial charge in [0.2, 0.25) is 5.89 Å². The number of nitrogens with one attached hydrogen (secondary N) is 1. The monoisotopic (exact) mass is 280 g/mol. The maximum atomic E-state index is 5.30. The van der Waals surface area contributed by atoms with E-state index >= 15 is 0 Å². The highest BCUT2D eigenvalue weighted by Crippen LogP contribution is 2.21. The molecule has 1 aliphatic rings. The van der Waals surface area contributed by atoms with E-state index in [4.69, 9.17) is 4.52 Å². The summed E-state index contributed by atoms with van der Waals surface area (Å²) < 4.78 is 5.30. The minimum atomic E-state index is 0.561. The van der Waals surface area contributed by atoms with Gasteiger partial charge in [-0.05, 0) is 57.8 Å². The highest BCUT2D eigenvalue weighted by molar-refractivity contribution is 4.88. The van der Waals surface area contributed by atoms with Crippen LogP contribution in [0.3, 0.4) is 0 Å². The van der Waals surface area contributed by atoms with Crippen LogP contribution in [0.2, 0.25) is 0 Å². The lowest BCUT2D eigenvalue weighted by Crippen LogP contribution is -2.34. The summed E-state index contributed by atoms with van der Waals surface area (Å²) in [5.74, 6) is 3.06. The normalized spacial score (nSPS) is 18.0. The molecule has 0 atom stereocenters. The van der Waals surface area contributed by atoms with Crippen molar-refractivity contribution in [1.82, 2.24) is 20.4 Å².